The number of nitrogens with one attached hydrogen (secondary N) is 2. The van der Waals surface area contributed by atoms with Crippen LogP contribution in [0, 0.1) is 0 Å². The van der Waals surface area contributed by atoms with E-state index < -0.39 is 0 Å². The Morgan fingerprint density at radius 1 is 1.09 bits per heavy atom. The van der Waals surface area contributed by atoms with Crippen molar-refractivity contribution < 1.29 is 9.59 Å². The van der Waals surface area contributed by atoms with Gasteiger partial charge in [-0.25, -0.2) is 9.97 Å². The second-order valence-corrected chi connectivity index (χ2v) is 5.77. The van der Waals surface area contributed by atoms with Crippen molar-refractivity contribution in [1.29, 1.82) is 0 Å². The molecule has 120 valence electrons. The molecule has 0 radical (unpaired) electrons. The molecule has 0 bridgehead atoms. The highest BCUT2D eigenvalue weighted by molar-refractivity contribution is 7.99. The Balaban J connectivity index is 1.89. The zero-order valence-electron chi connectivity index (χ0n) is 12.8. The van der Waals surface area contributed by atoms with Crippen LogP contribution in [0.1, 0.15) is 19.8 Å². The highest BCUT2D eigenvalue weighted by Crippen LogP contribution is 2.25. The van der Waals surface area contributed by atoms with Gasteiger partial charge in [-0.15, -0.1) is 0 Å². The first kappa shape index (κ1) is 17.0. The molecular formula is C16H18N4O2S. The van der Waals surface area contributed by atoms with Crippen molar-refractivity contribution in [3.05, 3.63) is 42.7 Å². The maximum absolute atomic E-state index is 11.8. The normalized spacial score (nSPS) is 10.1. The van der Waals surface area contributed by atoms with Crippen LogP contribution in [-0.4, -0.2) is 28.3 Å². The van der Waals surface area contributed by atoms with Gasteiger partial charge in [-0.1, -0.05) is 24.8 Å². The van der Waals surface area contributed by atoms with E-state index in [1.165, 1.54) is 11.8 Å². The molecular weight excluding hydrogens is 312 g/mol. The van der Waals surface area contributed by atoms with E-state index in [-0.39, 0.29) is 18.4 Å². The van der Waals surface area contributed by atoms with Gasteiger partial charge in [0.05, 0.1) is 6.54 Å². The van der Waals surface area contributed by atoms with E-state index in [2.05, 4.69) is 20.6 Å². The molecule has 0 unspecified atom stereocenters. The van der Waals surface area contributed by atoms with Crippen LogP contribution in [-0.2, 0) is 9.59 Å². The maximum atomic E-state index is 11.8. The summed E-state index contributed by atoms with van der Waals surface area (Å²) in [6, 6.07) is 9.11. The number of aromatic nitrogens is 2. The zero-order chi connectivity index (χ0) is 16.5. The molecule has 0 saturated carbocycles. The fourth-order valence-corrected chi connectivity index (χ4v) is 2.53. The molecule has 0 spiro atoms. The van der Waals surface area contributed by atoms with Crippen LogP contribution >= 0.6 is 11.8 Å². The summed E-state index contributed by atoms with van der Waals surface area (Å²) in [5.74, 6) is -0.391. The Bertz CT molecular complexity index is 664. The highest BCUT2D eigenvalue weighted by atomic mass is 32.2. The molecule has 7 heteroatoms. The summed E-state index contributed by atoms with van der Waals surface area (Å²) in [4.78, 5) is 31.6. The molecule has 0 aliphatic carbocycles. The number of anilines is 1. The van der Waals surface area contributed by atoms with Gasteiger partial charge in [0.1, 0.15) is 10.1 Å². The molecule has 0 saturated heterocycles. The first-order chi connectivity index (χ1) is 11.2. The molecule has 0 fully saturated rings. The minimum Gasteiger partial charge on any atom is -0.347 e. The van der Waals surface area contributed by atoms with Gasteiger partial charge >= 0.3 is 0 Å². The van der Waals surface area contributed by atoms with Crippen molar-refractivity contribution in [3.8, 4) is 0 Å². The van der Waals surface area contributed by atoms with Crippen LogP contribution in [0.5, 0.6) is 0 Å². The number of carbonyl (C=O) groups excluding carboxylic acids is 2. The van der Waals surface area contributed by atoms with Crippen LogP contribution in [0.25, 0.3) is 0 Å². The van der Waals surface area contributed by atoms with Crippen molar-refractivity contribution in [2.45, 2.75) is 29.8 Å². The van der Waals surface area contributed by atoms with Gasteiger partial charge in [-0.3, -0.25) is 9.59 Å². The molecule has 2 rings (SSSR count). The maximum Gasteiger partial charge on any atom is 0.243 e. The third-order valence-electron chi connectivity index (χ3n) is 2.79. The van der Waals surface area contributed by atoms with Gasteiger partial charge in [0.2, 0.25) is 11.8 Å². The molecule has 2 heterocycles. The summed E-state index contributed by atoms with van der Waals surface area (Å²) in [7, 11) is 0. The average molecular weight is 330 g/mol. The highest BCUT2D eigenvalue weighted by Gasteiger charge is 2.07. The predicted octanol–water partition coefficient (Wildman–Crippen LogP) is 2.48. The van der Waals surface area contributed by atoms with Gasteiger partial charge in [-0.2, -0.15) is 0 Å². The van der Waals surface area contributed by atoms with E-state index in [0.29, 0.717) is 12.1 Å². The molecule has 6 nitrogen and oxygen atoms in total. The zero-order valence-corrected chi connectivity index (χ0v) is 13.6. The predicted molar refractivity (Wildman–Crippen MR) is 89.1 cm³/mol. The molecule has 0 aromatic carbocycles. The van der Waals surface area contributed by atoms with Crippen molar-refractivity contribution in [2.75, 3.05) is 11.9 Å². The van der Waals surface area contributed by atoms with E-state index in [0.717, 1.165) is 16.5 Å². The van der Waals surface area contributed by atoms with Crippen LogP contribution in [0.15, 0.2) is 52.8 Å². The van der Waals surface area contributed by atoms with Gasteiger partial charge < -0.3 is 10.6 Å². The third kappa shape index (κ3) is 6.07. The van der Waals surface area contributed by atoms with E-state index in [1.54, 1.807) is 24.5 Å². The Kier molecular flexibility index (Phi) is 6.56. The molecule has 0 aliphatic heterocycles. The second-order valence-electron chi connectivity index (χ2n) is 4.73. The number of hydrogen-bond acceptors (Lipinski definition) is 5. The fraction of sp³-hybridized carbons (Fsp3) is 0.250. The van der Waals surface area contributed by atoms with Crippen LogP contribution in [0.2, 0.25) is 0 Å². The van der Waals surface area contributed by atoms with Crippen LogP contribution < -0.4 is 10.6 Å². The van der Waals surface area contributed by atoms with E-state index in [1.807, 2.05) is 25.1 Å². The van der Waals surface area contributed by atoms with E-state index >= 15 is 0 Å². The summed E-state index contributed by atoms with van der Waals surface area (Å²) in [5, 5.41) is 6.88. The number of amides is 2. The van der Waals surface area contributed by atoms with Gasteiger partial charge in [0.25, 0.3) is 0 Å². The lowest BCUT2D eigenvalue weighted by Gasteiger charge is -2.07. The lowest BCUT2D eigenvalue weighted by Crippen LogP contribution is -2.32. The SMILES string of the molecule is CCCC(=O)NCC(=O)Nc1ccnc(Sc2ccccn2)c1. The van der Waals surface area contributed by atoms with Crippen molar-refractivity contribution in [1.82, 2.24) is 15.3 Å². The smallest absolute Gasteiger partial charge is 0.243 e. The molecule has 23 heavy (non-hydrogen) atoms. The first-order valence-corrected chi connectivity index (χ1v) is 8.10. The summed E-state index contributed by atoms with van der Waals surface area (Å²) in [6.45, 7) is 1.88. The first-order valence-electron chi connectivity index (χ1n) is 7.29. The molecule has 2 aromatic rings. The Morgan fingerprint density at radius 3 is 2.65 bits per heavy atom. The standard InChI is InChI=1S/C16H18N4O2S/c1-2-5-13(21)19-11-14(22)20-12-7-9-18-16(10-12)23-15-6-3-4-8-17-15/h3-4,6-10H,2,5,11H2,1H3,(H,19,21)(H,18,20,22). The summed E-state index contributed by atoms with van der Waals surface area (Å²) in [6.07, 6.45) is 4.52. The number of rotatable bonds is 7. The van der Waals surface area contributed by atoms with Crippen molar-refractivity contribution in [2.24, 2.45) is 0 Å². The van der Waals surface area contributed by atoms with Gasteiger partial charge in [0, 0.05) is 24.5 Å². The number of carbonyl (C=O) groups is 2. The lowest BCUT2D eigenvalue weighted by atomic mass is 10.3. The quantitative estimate of drug-likeness (QED) is 0.815. The topological polar surface area (TPSA) is 84.0 Å². The third-order valence-corrected chi connectivity index (χ3v) is 3.67. The molecule has 0 aliphatic rings. The lowest BCUT2D eigenvalue weighted by molar-refractivity contribution is -0.124. The largest absolute Gasteiger partial charge is 0.347 e. The fourth-order valence-electron chi connectivity index (χ4n) is 1.76. The monoisotopic (exact) mass is 330 g/mol. The summed E-state index contributed by atoms with van der Waals surface area (Å²) in [5.41, 5.74) is 0.633. The Hall–Kier alpha value is -2.41. The van der Waals surface area contributed by atoms with Crippen molar-refractivity contribution >= 4 is 29.3 Å². The number of nitrogens with zero attached hydrogens (tertiary/aromatic N) is 2. The van der Waals surface area contributed by atoms with Gasteiger partial charge in [-0.05, 0) is 30.7 Å². The Labute approximate surface area is 139 Å². The Morgan fingerprint density at radius 2 is 1.91 bits per heavy atom. The number of pyridine rings is 2. The summed E-state index contributed by atoms with van der Waals surface area (Å²) >= 11 is 1.41. The average Bonchev–Trinajstić information content (AvgIpc) is 2.55. The molecule has 2 N–H and O–H groups in total. The van der Waals surface area contributed by atoms with Crippen molar-refractivity contribution in [3.63, 3.8) is 0 Å². The van der Waals surface area contributed by atoms with E-state index in [9.17, 15) is 9.59 Å². The van der Waals surface area contributed by atoms with Crippen LogP contribution in [0.4, 0.5) is 5.69 Å². The van der Waals surface area contributed by atoms with E-state index in [4.69, 9.17) is 0 Å². The minimum absolute atomic E-state index is 0.0378. The molecule has 0 atom stereocenters. The van der Waals surface area contributed by atoms with Gasteiger partial charge in [0.15, 0.2) is 0 Å². The molecule has 2 aromatic heterocycles. The minimum atomic E-state index is -0.269. The number of hydrogen-bond donors (Lipinski definition) is 2. The second kappa shape index (κ2) is 8.89. The molecule has 2 amide bonds. The van der Waals surface area contributed by atoms with Crippen LogP contribution in [0.3, 0.4) is 0 Å². The summed E-state index contributed by atoms with van der Waals surface area (Å²) < 4.78 is 0.